The Morgan fingerprint density at radius 1 is 1.14 bits per heavy atom. The molecule has 8 nitrogen and oxygen atoms in total. The molecule has 0 bridgehead atoms. The van der Waals surface area contributed by atoms with Crippen molar-refractivity contribution in [3.05, 3.63) is 53.9 Å². The molecule has 1 aliphatic rings. The second kappa shape index (κ2) is 6.83. The van der Waals surface area contributed by atoms with Crippen LogP contribution in [0.1, 0.15) is 17.3 Å². The van der Waals surface area contributed by atoms with Gasteiger partial charge in [-0.2, -0.15) is 18.2 Å². The van der Waals surface area contributed by atoms with Gasteiger partial charge in [-0.3, -0.25) is 4.79 Å². The van der Waals surface area contributed by atoms with Crippen LogP contribution in [-0.4, -0.2) is 31.8 Å². The van der Waals surface area contributed by atoms with Gasteiger partial charge < -0.3 is 9.26 Å². The molecular formula is C17H10F3N5O3. The number of carbonyl (C=O) groups excluding carboxylic acids is 1. The number of Topliss-reactive ketones (excluding diaryl/α,β-unsaturated/α-hetero) is 1. The standard InChI is InChI=1S/C17H10F3N5O3/c18-17(19,20)16-24-14(25-28-16)10-6-21-13(22-7-10)8-27-15-12(26)5-9-3-1-2-4-11(9)23-15/h1-4,6-7H,5,8H2. The van der Waals surface area contributed by atoms with E-state index >= 15 is 0 Å². The molecule has 0 saturated heterocycles. The lowest BCUT2D eigenvalue weighted by molar-refractivity contribution is -0.159. The van der Waals surface area contributed by atoms with Crippen LogP contribution in [0.4, 0.5) is 18.9 Å². The molecule has 4 rings (SSSR count). The van der Waals surface area contributed by atoms with Gasteiger partial charge in [0.2, 0.25) is 11.6 Å². The van der Waals surface area contributed by atoms with Crippen molar-refractivity contribution in [1.29, 1.82) is 0 Å². The number of hydrogen-bond acceptors (Lipinski definition) is 8. The van der Waals surface area contributed by atoms with Crippen LogP contribution in [0.5, 0.6) is 0 Å². The Bertz CT molecular complexity index is 1060. The molecule has 0 spiro atoms. The number of para-hydroxylation sites is 1. The number of fused-ring (bicyclic) bond motifs is 1. The number of benzene rings is 1. The van der Waals surface area contributed by atoms with Crippen LogP contribution in [0.25, 0.3) is 11.4 Å². The molecule has 28 heavy (non-hydrogen) atoms. The van der Waals surface area contributed by atoms with E-state index in [1.807, 2.05) is 12.1 Å². The molecule has 3 heterocycles. The van der Waals surface area contributed by atoms with Crippen LogP contribution in [0.15, 0.2) is 46.2 Å². The maximum absolute atomic E-state index is 12.5. The SMILES string of the molecule is O=C1Cc2ccccc2N=C1OCc1ncc(-c2noc(C(F)(F)F)n2)cn1. The number of carbonyl (C=O) groups is 1. The van der Waals surface area contributed by atoms with Gasteiger partial charge >= 0.3 is 12.1 Å². The van der Waals surface area contributed by atoms with Crippen LogP contribution in [0.2, 0.25) is 0 Å². The third-order valence-electron chi connectivity index (χ3n) is 3.77. The molecule has 0 unspecified atom stereocenters. The van der Waals surface area contributed by atoms with E-state index in [1.165, 1.54) is 12.4 Å². The lowest BCUT2D eigenvalue weighted by Gasteiger charge is -2.14. The van der Waals surface area contributed by atoms with Crippen molar-refractivity contribution < 1.29 is 27.2 Å². The quantitative estimate of drug-likeness (QED) is 0.678. The minimum Gasteiger partial charge on any atom is -0.467 e. The molecule has 11 heteroatoms. The van der Waals surface area contributed by atoms with Crippen LogP contribution in [0, 0.1) is 0 Å². The van der Waals surface area contributed by atoms with E-state index in [0.717, 1.165) is 5.56 Å². The zero-order valence-corrected chi connectivity index (χ0v) is 14.0. The minimum atomic E-state index is -4.73. The molecule has 0 N–H and O–H groups in total. The van der Waals surface area contributed by atoms with Crippen molar-refractivity contribution in [2.75, 3.05) is 0 Å². The Balaban J connectivity index is 1.45. The number of aliphatic imine (C=N–C) groups is 1. The molecule has 0 radical (unpaired) electrons. The highest BCUT2D eigenvalue weighted by Crippen LogP contribution is 2.29. The monoisotopic (exact) mass is 389 g/mol. The van der Waals surface area contributed by atoms with Crippen molar-refractivity contribution in [3.63, 3.8) is 0 Å². The maximum atomic E-state index is 12.5. The Labute approximate surface area is 155 Å². The predicted molar refractivity (Wildman–Crippen MR) is 87.4 cm³/mol. The van der Waals surface area contributed by atoms with E-state index < -0.39 is 12.1 Å². The van der Waals surface area contributed by atoms with Gasteiger partial charge in [-0.05, 0) is 11.6 Å². The van der Waals surface area contributed by atoms with Crippen molar-refractivity contribution >= 4 is 17.4 Å². The van der Waals surface area contributed by atoms with E-state index in [-0.39, 0.29) is 41.9 Å². The van der Waals surface area contributed by atoms with Crippen molar-refractivity contribution in [2.24, 2.45) is 4.99 Å². The Morgan fingerprint density at radius 3 is 2.61 bits per heavy atom. The van der Waals surface area contributed by atoms with Gasteiger partial charge in [0.05, 0.1) is 11.3 Å². The molecule has 2 aromatic heterocycles. The van der Waals surface area contributed by atoms with Gasteiger partial charge in [0.15, 0.2) is 5.82 Å². The first kappa shape index (κ1) is 17.8. The predicted octanol–water partition coefficient (Wildman–Crippen LogP) is 2.92. The average molecular weight is 389 g/mol. The summed E-state index contributed by atoms with van der Waals surface area (Å²) >= 11 is 0. The lowest BCUT2D eigenvalue weighted by Crippen LogP contribution is -2.23. The summed E-state index contributed by atoms with van der Waals surface area (Å²) in [6.45, 7) is -0.132. The second-order valence-electron chi connectivity index (χ2n) is 5.74. The first-order valence-electron chi connectivity index (χ1n) is 7.95. The van der Waals surface area contributed by atoms with Crippen molar-refractivity contribution in [3.8, 4) is 11.4 Å². The zero-order valence-electron chi connectivity index (χ0n) is 14.0. The summed E-state index contributed by atoms with van der Waals surface area (Å²) in [5.41, 5.74) is 1.62. The summed E-state index contributed by atoms with van der Waals surface area (Å²) in [7, 11) is 0. The number of hydrogen-bond donors (Lipinski definition) is 0. The smallest absolute Gasteiger partial charge is 0.467 e. The molecule has 0 saturated carbocycles. The maximum Gasteiger partial charge on any atom is 0.471 e. The van der Waals surface area contributed by atoms with Gasteiger partial charge in [0.25, 0.3) is 5.90 Å². The number of alkyl halides is 3. The normalized spacial score (nSPS) is 13.8. The van der Waals surface area contributed by atoms with E-state index in [0.29, 0.717) is 5.69 Å². The molecule has 3 aromatic rings. The van der Waals surface area contributed by atoms with Crippen LogP contribution in [0.3, 0.4) is 0 Å². The fourth-order valence-electron chi connectivity index (χ4n) is 2.44. The van der Waals surface area contributed by atoms with Crippen molar-refractivity contribution in [1.82, 2.24) is 20.1 Å². The highest BCUT2D eigenvalue weighted by atomic mass is 19.4. The molecule has 0 amide bonds. The Hall–Kier alpha value is -3.63. The molecule has 1 aromatic carbocycles. The van der Waals surface area contributed by atoms with E-state index in [4.69, 9.17) is 4.74 Å². The first-order valence-corrected chi connectivity index (χ1v) is 7.95. The summed E-state index contributed by atoms with van der Waals surface area (Å²) in [5.74, 6) is -1.84. The minimum absolute atomic E-state index is 0.0423. The van der Waals surface area contributed by atoms with E-state index in [1.54, 1.807) is 12.1 Å². The summed E-state index contributed by atoms with van der Waals surface area (Å²) in [4.78, 5) is 27.5. The fourth-order valence-corrected chi connectivity index (χ4v) is 2.44. The first-order chi connectivity index (χ1) is 13.4. The second-order valence-corrected chi connectivity index (χ2v) is 5.74. The van der Waals surface area contributed by atoms with Crippen LogP contribution in [-0.2, 0) is 28.7 Å². The summed E-state index contributed by atoms with van der Waals surface area (Å²) < 4.78 is 47.1. The summed E-state index contributed by atoms with van der Waals surface area (Å²) in [6, 6.07) is 7.22. The Morgan fingerprint density at radius 2 is 1.89 bits per heavy atom. The van der Waals surface area contributed by atoms with Gasteiger partial charge in [-0.1, -0.05) is 23.4 Å². The lowest BCUT2D eigenvalue weighted by atomic mass is 10.0. The molecule has 142 valence electrons. The molecular weight excluding hydrogens is 379 g/mol. The largest absolute Gasteiger partial charge is 0.471 e. The van der Waals surface area contributed by atoms with Crippen LogP contribution < -0.4 is 0 Å². The molecule has 1 aliphatic heterocycles. The van der Waals surface area contributed by atoms with E-state index in [2.05, 4.69) is 29.6 Å². The summed E-state index contributed by atoms with van der Waals surface area (Å²) in [6.07, 6.45) is -2.08. The number of ether oxygens (including phenoxy) is 1. The van der Waals surface area contributed by atoms with Gasteiger partial charge in [0.1, 0.15) is 6.61 Å². The number of aromatic nitrogens is 4. The van der Waals surface area contributed by atoms with Gasteiger partial charge in [-0.15, -0.1) is 0 Å². The topological polar surface area (TPSA) is 103 Å². The highest BCUT2D eigenvalue weighted by molar-refractivity contribution is 6.38. The van der Waals surface area contributed by atoms with Crippen LogP contribution >= 0.6 is 0 Å². The number of nitrogens with zero attached hydrogens (tertiary/aromatic N) is 5. The highest BCUT2D eigenvalue weighted by Gasteiger charge is 2.38. The molecule has 0 aliphatic carbocycles. The molecule has 0 fully saturated rings. The van der Waals surface area contributed by atoms with E-state index in [9.17, 15) is 18.0 Å². The van der Waals surface area contributed by atoms with Gasteiger partial charge in [-0.25, -0.2) is 15.0 Å². The third-order valence-corrected chi connectivity index (χ3v) is 3.77. The number of halogens is 3. The third kappa shape index (κ3) is 3.59. The molecule has 0 atom stereocenters. The summed E-state index contributed by atoms with van der Waals surface area (Å²) in [5, 5.41) is 3.25. The van der Waals surface area contributed by atoms with Crippen molar-refractivity contribution in [2.45, 2.75) is 19.2 Å². The van der Waals surface area contributed by atoms with Gasteiger partial charge in [0, 0.05) is 18.8 Å². The Kier molecular flexibility index (Phi) is 4.34. The number of rotatable bonds is 3. The average Bonchev–Trinajstić information content (AvgIpc) is 3.17. The fraction of sp³-hybridized carbons (Fsp3) is 0.176. The zero-order chi connectivity index (χ0) is 19.7. The number of ketones is 1.